The molecule has 0 atom stereocenters. The first-order valence-electron chi connectivity index (χ1n) is 8.80. The molecule has 9 heteroatoms. The lowest BCUT2D eigenvalue weighted by atomic mass is 10.1. The summed E-state index contributed by atoms with van der Waals surface area (Å²) in [5.41, 5.74) is 2.02. The second-order valence-corrected chi connectivity index (χ2v) is 6.55. The number of hydrazone groups is 1. The van der Waals surface area contributed by atoms with Crippen LogP contribution in [0.25, 0.3) is 0 Å². The Hall–Kier alpha value is -2.87. The maximum Gasteiger partial charge on any atom is 0.416 e. The zero-order valence-electron chi connectivity index (χ0n) is 15.5. The molecule has 2 N–H and O–H groups in total. The van der Waals surface area contributed by atoms with E-state index in [4.69, 9.17) is 11.6 Å². The van der Waals surface area contributed by atoms with Crippen molar-refractivity contribution in [1.82, 2.24) is 10.7 Å². The van der Waals surface area contributed by atoms with Crippen LogP contribution in [0, 0.1) is 0 Å². The average molecular weight is 426 g/mol. The number of nitrogens with zero attached hydrogens (tertiary/aromatic N) is 1. The van der Waals surface area contributed by atoms with Crippen LogP contribution in [-0.2, 0) is 6.18 Å². The number of hydrogen-bond donors (Lipinski definition) is 2. The van der Waals surface area contributed by atoms with Crippen LogP contribution in [0.4, 0.5) is 13.2 Å². The molecule has 2 rings (SSSR count). The van der Waals surface area contributed by atoms with Crippen LogP contribution in [0.1, 0.15) is 51.6 Å². The summed E-state index contributed by atoms with van der Waals surface area (Å²) in [6.45, 7) is 2.47. The third-order valence-corrected chi connectivity index (χ3v) is 4.14. The molecule has 0 aliphatic heterocycles. The van der Waals surface area contributed by atoms with Crippen molar-refractivity contribution in [2.75, 3.05) is 6.54 Å². The van der Waals surface area contributed by atoms with Gasteiger partial charge in [0.05, 0.1) is 22.9 Å². The van der Waals surface area contributed by atoms with E-state index < -0.39 is 23.6 Å². The van der Waals surface area contributed by atoms with Crippen LogP contribution in [0.15, 0.2) is 47.6 Å². The van der Waals surface area contributed by atoms with E-state index in [1.54, 1.807) is 0 Å². The van der Waals surface area contributed by atoms with Gasteiger partial charge in [-0.1, -0.05) is 37.1 Å². The van der Waals surface area contributed by atoms with Gasteiger partial charge in [-0.15, -0.1) is 0 Å². The lowest BCUT2D eigenvalue weighted by molar-refractivity contribution is -0.137. The molecule has 0 saturated carbocycles. The molecule has 0 radical (unpaired) electrons. The highest BCUT2D eigenvalue weighted by molar-refractivity contribution is 6.31. The maximum atomic E-state index is 12.6. The van der Waals surface area contributed by atoms with E-state index in [-0.39, 0.29) is 16.1 Å². The molecule has 29 heavy (non-hydrogen) atoms. The first kappa shape index (κ1) is 22.4. The van der Waals surface area contributed by atoms with Crippen molar-refractivity contribution in [3.63, 3.8) is 0 Å². The molecule has 2 amide bonds. The normalized spacial score (nSPS) is 11.5. The van der Waals surface area contributed by atoms with Gasteiger partial charge in [-0.05, 0) is 42.3 Å². The number of carbonyl (C=O) groups is 2. The first-order chi connectivity index (χ1) is 13.7. The largest absolute Gasteiger partial charge is 0.416 e. The highest BCUT2D eigenvalue weighted by Crippen LogP contribution is 2.28. The quantitative estimate of drug-likeness (QED) is 0.385. The smallest absolute Gasteiger partial charge is 0.352 e. The summed E-state index contributed by atoms with van der Waals surface area (Å²) in [4.78, 5) is 24.7. The molecule has 0 bridgehead atoms. The Morgan fingerprint density at radius 3 is 2.38 bits per heavy atom. The number of nitrogens with one attached hydrogen (secondary N) is 2. The molecule has 154 valence electrons. The lowest BCUT2D eigenvalue weighted by Gasteiger charge is -2.09. The Bertz CT molecular complexity index is 897. The van der Waals surface area contributed by atoms with Crippen LogP contribution in [-0.4, -0.2) is 24.6 Å². The standard InChI is InChI=1S/C20H19ClF3N3O2/c1-2-3-10-25-18(28)16-9-8-15(21)11-17(16)19(29)27-26-12-13-4-6-14(7-5-13)20(22,23)24/h4-9,11-12H,2-3,10H2,1H3,(H,25,28)(H,27,29)/b26-12+. The fraction of sp³-hybridized carbons (Fsp3) is 0.250. The molecule has 0 heterocycles. The van der Waals surface area contributed by atoms with Gasteiger partial charge < -0.3 is 5.32 Å². The highest BCUT2D eigenvalue weighted by Gasteiger charge is 2.29. The third kappa shape index (κ3) is 6.60. The Morgan fingerprint density at radius 2 is 1.76 bits per heavy atom. The van der Waals surface area contributed by atoms with Gasteiger partial charge in [0.2, 0.25) is 0 Å². The van der Waals surface area contributed by atoms with Gasteiger partial charge >= 0.3 is 6.18 Å². The number of carbonyl (C=O) groups excluding carboxylic acids is 2. The number of unbranched alkanes of at least 4 members (excludes halogenated alkanes) is 1. The fourth-order valence-electron chi connectivity index (χ4n) is 2.36. The Kier molecular flexibility index (Phi) is 7.78. The summed E-state index contributed by atoms with van der Waals surface area (Å²) in [5.74, 6) is -1.08. The molecular weight excluding hydrogens is 407 g/mol. The molecule has 0 aliphatic carbocycles. The zero-order chi connectivity index (χ0) is 21.4. The summed E-state index contributed by atoms with van der Waals surface area (Å²) in [7, 11) is 0. The van der Waals surface area contributed by atoms with Crippen LogP contribution in [0.5, 0.6) is 0 Å². The highest BCUT2D eigenvalue weighted by atomic mass is 35.5. The molecule has 0 spiro atoms. The predicted octanol–water partition coefficient (Wildman–Crippen LogP) is 4.65. The summed E-state index contributed by atoms with van der Waals surface area (Å²) in [5, 5.41) is 6.73. The summed E-state index contributed by atoms with van der Waals surface area (Å²) < 4.78 is 37.7. The van der Waals surface area contributed by atoms with Crippen LogP contribution >= 0.6 is 11.6 Å². The zero-order valence-corrected chi connectivity index (χ0v) is 16.3. The minimum atomic E-state index is -4.43. The van der Waals surface area contributed by atoms with Gasteiger partial charge in [-0.2, -0.15) is 18.3 Å². The van der Waals surface area contributed by atoms with Gasteiger partial charge in [-0.25, -0.2) is 5.43 Å². The minimum absolute atomic E-state index is 0.0380. The molecule has 0 aliphatic rings. The fourth-order valence-corrected chi connectivity index (χ4v) is 2.53. The third-order valence-electron chi connectivity index (χ3n) is 3.90. The molecule has 0 fully saturated rings. The molecule has 2 aromatic rings. The van der Waals surface area contributed by atoms with Gasteiger partial charge in [0, 0.05) is 11.6 Å². The Labute approximate surface area is 170 Å². The molecular formula is C20H19ClF3N3O2. The van der Waals surface area contributed by atoms with Gasteiger partial charge in [0.15, 0.2) is 0 Å². The second kappa shape index (κ2) is 10.1. The van der Waals surface area contributed by atoms with Gasteiger partial charge in [-0.3, -0.25) is 9.59 Å². The number of hydrogen-bond acceptors (Lipinski definition) is 3. The molecule has 0 unspecified atom stereocenters. The number of amides is 2. The van der Waals surface area contributed by atoms with E-state index >= 15 is 0 Å². The Balaban J connectivity index is 2.09. The molecule has 2 aromatic carbocycles. The van der Waals surface area contributed by atoms with Gasteiger partial charge in [0.25, 0.3) is 11.8 Å². The van der Waals surface area contributed by atoms with E-state index in [1.165, 1.54) is 36.5 Å². The van der Waals surface area contributed by atoms with E-state index in [9.17, 15) is 22.8 Å². The molecule has 5 nitrogen and oxygen atoms in total. The van der Waals surface area contributed by atoms with Crippen molar-refractivity contribution in [2.24, 2.45) is 5.10 Å². The summed E-state index contributed by atoms with van der Waals surface area (Å²) in [6, 6.07) is 8.57. The predicted molar refractivity (Wildman–Crippen MR) is 105 cm³/mol. The summed E-state index contributed by atoms with van der Waals surface area (Å²) >= 11 is 5.93. The topological polar surface area (TPSA) is 70.6 Å². The van der Waals surface area contributed by atoms with Gasteiger partial charge in [0.1, 0.15) is 0 Å². The molecule has 0 saturated heterocycles. The van der Waals surface area contributed by atoms with Crippen molar-refractivity contribution >= 4 is 29.6 Å². The number of alkyl halides is 3. The molecule has 0 aromatic heterocycles. The van der Waals surface area contributed by atoms with E-state index in [1.807, 2.05) is 6.92 Å². The van der Waals surface area contributed by atoms with E-state index in [0.717, 1.165) is 25.0 Å². The van der Waals surface area contributed by atoms with E-state index in [0.29, 0.717) is 12.1 Å². The van der Waals surface area contributed by atoms with Crippen molar-refractivity contribution in [1.29, 1.82) is 0 Å². The van der Waals surface area contributed by atoms with Crippen molar-refractivity contribution in [2.45, 2.75) is 25.9 Å². The average Bonchev–Trinajstić information content (AvgIpc) is 2.67. The maximum absolute atomic E-state index is 12.6. The van der Waals surface area contributed by atoms with Crippen LogP contribution < -0.4 is 10.7 Å². The minimum Gasteiger partial charge on any atom is -0.352 e. The van der Waals surface area contributed by atoms with E-state index in [2.05, 4.69) is 15.8 Å². The van der Waals surface area contributed by atoms with Crippen LogP contribution in [0.2, 0.25) is 5.02 Å². The van der Waals surface area contributed by atoms with Crippen molar-refractivity contribution < 1.29 is 22.8 Å². The first-order valence-corrected chi connectivity index (χ1v) is 9.18. The number of benzene rings is 2. The number of rotatable bonds is 7. The monoisotopic (exact) mass is 425 g/mol. The van der Waals surface area contributed by atoms with Crippen molar-refractivity contribution in [3.05, 3.63) is 69.7 Å². The SMILES string of the molecule is CCCCNC(=O)c1ccc(Cl)cc1C(=O)N/N=C/c1ccc(C(F)(F)F)cc1. The lowest BCUT2D eigenvalue weighted by Crippen LogP contribution is -2.28. The van der Waals surface area contributed by atoms with Crippen molar-refractivity contribution in [3.8, 4) is 0 Å². The van der Waals surface area contributed by atoms with Crippen LogP contribution in [0.3, 0.4) is 0 Å². The summed E-state index contributed by atoms with van der Waals surface area (Å²) in [6.07, 6.45) is -1.51. The number of halogens is 4. The second-order valence-electron chi connectivity index (χ2n) is 6.12. The Morgan fingerprint density at radius 1 is 1.07 bits per heavy atom.